The molecule has 0 atom stereocenters. The zero-order chi connectivity index (χ0) is 17.0. The lowest BCUT2D eigenvalue weighted by Gasteiger charge is -2.27. The third kappa shape index (κ3) is 4.13. The van der Waals surface area contributed by atoms with Crippen molar-refractivity contribution in [2.45, 2.75) is 11.4 Å². The Kier molecular flexibility index (Phi) is 5.50. The van der Waals surface area contributed by atoms with Crippen LogP contribution in [0.1, 0.15) is 5.56 Å². The van der Waals surface area contributed by atoms with Gasteiger partial charge in [0.05, 0.1) is 18.1 Å². The molecule has 1 fully saturated rings. The summed E-state index contributed by atoms with van der Waals surface area (Å²) >= 11 is 3.26. The molecule has 2 heterocycles. The second-order valence-corrected chi connectivity index (χ2v) is 7.97. The Morgan fingerprint density at radius 3 is 2.58 bits per heavy atom. The molecule has 0 spiro atoms. The van der Waals surface area contributed by atoms with Crippen LogP contribution in [0.15, 0.2) is 52.0 Å². The summed E-state index contributed by atoms with van der Waals surface area (Å²) in [7, 11) is -3.57. The molecule has 0 saturated carbocycles. The predicted molar refractivity (Wildman–Crippen MR) is 95.4 cm³/mol. The number of ether oxygens (including phenoxy) is 1. The van der Waals surface area contributed by atoms with Crippen molar-refractivity contribution in [1.29, 1.82) is 0 Å². The fraction of sp³-hybridized carbons (Fsp3) is 0.312. The van der Waals surface area contributed by atoms with Crippen molar-refractivity contribution in [3.8, 4) is 0 Å². The van der Waals surface area contributed by atoms with E-state index in [0.29, 0.717) is 17.7 Å². The molecule has 1 N–H and O–H groups in total. The van der Waals surface area contributed by atoms with Gasteiger partial charge >= 0.3 is 0 Å². The van der Waals surface area contributed by atoms with Gasteiger partial charge in [-0.05, 0) is 39.7 Å². The highest BCUT2D eigenvalue weighted by Crippen LogP contribution is 2.21. The molecule has 1 aromatic heterocycles. The van der Waals surface area contributed by atoms with Crippen LogP contribution in [0.4, 0.5) is 5.82 Å². The lowest BCUT2D eigenvalue weighted by atomic mass is 10.3. The highest BCUT2D eigenvalue weighted by molar-refractivity contribution is 9.10. The average molecular weight is 412 g/mol. The Morgan fingerprint density at radius 2 is 1.92 bits per heavy atom. The van der Waals surface area contributed by atoms with Crippen LogP contribution < -0.4 is 9.62 Å². The Bertz CT molecular complexity index is 790. The lowest BCUT2D eigenvalue weighted by Crippen LogP contribution is -2.36. The average Bonchev–Trinajstić information content (AvgIpc) is 2.61. The molecular weight excluding hydrogens is 394 g/mol. The van der Waals surface area contributed by atoms with Gasteiger partial charge in [-0.2, -0.15) is 0 Å². The van der Waals surface area contributed by atoms with Crippen LogP contribution in [0.5, 0.6) is 0 Å². The normalized spacial score (nSPS) is 15.5. The second kappa shape index (κ2) is 7.60. The molecule has 1 saturated heterocycles. The first-order chi connectivity index (χ1) is 11.6. The molecule has 128 valence electrons. The molecule has 0 unspecified atom stereocenters. The number of pyridine rings is 1. The van der Waals surface area contributed by atoms with E-state index in [0.717, 1.165) is 24.5 Å². The summed E-state index contributed by atoms with van der Waals surface area (Å²) < 4.78 is 33.2. The summed E-state index contributed by atoms with van der Waals surface area (Å²) in [4.78, 5) is 6.80. The van der Waals surface area contributed by atoms with Crippen LogP contribution in [0, 0.1) is 0 Å². The molecule has 2 aromatic rings. The number of nitrogens with one attached hydrogen (secondary N) is 1. The molecule has 0 aliphatic carbocycles. The second-order valence-electron chi connectivity index (χ2n) is 5.38. The first-order valence-corrected chi connectivity index (χ1v) is 9.86. The SMILES string of the molecule is O=S(=O)(NCc1ccc(N2CCOCC2)nc1)c1ccccc1Br. The Hall–Kier alpha value is -1.48. The van der Waals surface area contributed by atoms with Gasteiger partial charge in [0, 0.05) is 30.3 Å². The van der Waals surface area contributed by atoms with Gasteiger partial charge in [-0.25, -0.2) is 18.1 Å². The van der Waals surface area contributed by atoms with Crippen LogP contribution in [0.25, 0.3) is 0 Å². The molecule has 0 amide bonds. The molecule has 0 radical (unpaired) electrons. The zero-order valence-electron chi connectivity index (χ0n) is 13.0. The van der Waals surface area contributed by atoms with E-state index in [1.54, 1.807) is 30.5 Å². The summed E-state index contributed by atoms with van der Waals surface area (Å²) in [5.74, 6) is 0.885. The fourth-order valence-corrected chi connectivity index (χ4v) is 4.44. The number of rotatable bonds is 5. The molecule has 24 heavy (non-hydrogen) atoms. The Balaban J connectivity index is 1.65. The van der Waals surface area contributed by atoms with Gasteiger partial charge < -0.3 is 9.64 Å². The number of hydrogen-bond donors (Lipinski definition) is 1. The summed E-state index contributed by atoms with van der Waals surface area (Å²) in [5, 5.41) is 0. The minimum Gasteiger partial charge on any atom is -0.378 e. The zero-order valence-corrected chi connectivity index (χ0v) is 15.4. The van der Waals surface area contributed by atoms with Crippen molar-refractivity contribution in [1.82, 2.24) is 9.71 Å². The number of halogens is 1. The largest absolute Gasteiger partial charge is 0.378 e. The fourth-order valence-electron chi connectivity index (χ4n) is 2.42. The smallest absolute Gasteiger partial charge is 0.241 e. The molecule has 8 heteroatoms. The van der Waals surface area contributed by atoms with Gasteiger partial charge in [0.15, 0.2) is 0 Å². The number of benzene rings is 1. The topological polar surface area (TPSA) is 71.5 Å². The maximum absolute atomic E-state index is 12.4. The standard InChI is InChI=1S/C16H18BrN3O3S/c17-14-3-1-2-4-15(14)24(21,22)19-12-13-5-6-16(18-11-13)20-7-9-23-10-8-20/h1-6,11,19H,7-10,12H2. The van der Waals surface area contributed by atoms with E-state index in [1.807, 2.05) is 12.1 Å². The number of sulfonamides is 1. The van der Waals surface area contributed by atoms with Crippen molar-refractivity contribution < 1.29 is 13.2 Å². The van der Waals surface area contributed by atoms with E-state index in [4.69, 9.17) is 4.74 Å². The van der Waals surface area contributed by atoms with E-state index in [2.05, 4.69) is 30.5 Å². The molecular formula is C16H18BrN3O3S. The van der Waals surface area contributed by atoms with Gasteiger partial charge in [0.25, 0.3) is 0 Å². The summed E-state index contributed by atoms with van der Waals surface area (Å²) in [5.41, 5.74) is 0.808. The van der Waals surface area contributed by atoms with Crippen molar-refractivity contribution in [3.05, 3.63) is 52.6 Å². The molecule has 6 nitrogen and oxygen atoms in total. The molecule has 0 bridgehead atoms. The molecule has 3 rings (SSSR count). The number of aromatic nitrogens is 1. The van der Waals surface area contributed by atoms with Crippen LogP contribution in [0.2, 0.25) is 0 Å². The van der Waals surface area contributed by atoms with Gasteiger partial charge in [0.1, 0.15) is 5.82 Å². The number of morpholine rings is 1. The first-order valence-electron chi connectivity index (χ1n) is 7.58. The van der Waals surface area contributed by atoms with Crippen LogP contribution in [-0.4, -0.2) is 39.7 Å². The summed E-state index contributed by atoms with van der Waals surface area (Å²) in [6.07, 6.45) is 1.70. The van der Waals surface area contributed by atoms with Crippen molar-refractivity contribution in [2.24, 2.45) is 0 Å². The first kappa shape index (κ1) is 17.3. The highest BCUT2D eigenvalue weighted by atomic mass is 79.9. The van der Waals surface area contributed by atoms with Gasteiger partial charge in [-0.3, -0.25) is 0 Å². The van der Waals surface area contributed by atoms with Crippen LogP contribution >= 0.6 is 15.9 Å². The van der Waals surface area contributed by atoms with E-state index in [1.165, 1.54) is 0 Å². The Morgan fingerprint density at radius 1 is 1.17 bits per heavy atom. The summed E-state index contributed by atoms with van der Waals surface area (Å²) in [6.45, 7) is 3.24. The molecule has 1 aliphatic rings. The molecule has 1 aromatic carbocycles. The number of anilines is 1. The molecule has 1 aliphatic heterocycles. The number of nitrogens with zero attached hydrogens (tertiary/aromatic N) is 2. The van der Waals surface area contributed by atoms with Gasteiger partial charge in [-0.1, -0.05) is 18.2 Å². The highest BCUT2D eigenvalue weighted by Gasteiger charge is 2.17. The van der Waals surface area contributed by atoms with Gasteiger partial charge in [0.2, 0.25) is 10.0 Å². The van der Waals surface area contributed by atoms with E-state index < -0.39 is 10.0 Å². The van der Waals surface area contributed by atoms with Crippen molar-refractivity contribution in [2.75, 3.05) is 31.2 Å². The van der Waals surface area contributed by atoms with E-state index in [9.17, 15) is 8.42 Å². The quantitative estimate of drug-likeness (QED) is 0.815. The van der Waals surface area contributed by atoms with Gasteiger partial charge in [-0.15, -0.1) is 0 Å². The minimum absolute atomic E-state index is 0.195. The Labute approximate surface area is 150 Å². The summed E-state index contributed by atoms with van der Waals surface area (Å²) in [6, 6.07) is 10.5. The van der Waals surface area contributed by atoms with Crippen molar-refractivity contribution in [3.63, 3.8) is 0 Å². The van der Waals surface area contributed by atoms with Crippen LogP contribution in [0.3, 0.4) is 0 Å². The maximum Gasteiger partial charge on any atom is 0.241 e. The van der Waals surface area contributed by atoms with E-state index >= 15 is 0 Å². The minimum atomic E-state index is -3.57. The third-order valence-electron chi connectivity index (χ3n) is 3.74. The third-order valence-corrected chi connectivity index (χ3v) is 6.15. The van der Waals surface area contributed by atoms with Crippen molar-refractivity contribution >= 4 is 31.8 Å². The predicted octanol–water partition coefficient (Wildman–Crippen LogP) is 2.16. The van der Waals surface area contributed by atoms with E-state index in [-0.39, 0.29) is 11.4 Å². The monoisotopic (exact) mass is 411 g/mol. The lowest BCUT2D eigenvalue weighted by molar-refractivity contribution is 0.122. The number of hydrogen-bond acceptors (Lipinski definition) is 5. The maximum atomic E-state index is 12.4. The van der Waals surface area contributed by atoms with Crippen LogP contribution in [-0.2, 0) is 21.3 Å².